The van der Waals surface area contributed by atoms with Crippen LogP contribution in [0.2, 0.25) is 0 Å². The molecule has 2 saturated heterocycles. The molecule has 1 atom stereocenters. The van der Waals surface area contributed by atoms with Crippen molar-refractivity contribution in [2.45, 2.75) is 32.7 Å². The van der Waals surface area contributed by atoms with Crippen molar-refractivity contribution in [3.63, 3.8) is 0 Å². The Hall–Kier alpha value is -2.39. The molecule has 0 saturated carbocycles. The molecule has 2 aliphatic heterocycles. The average molecular weight is 447 g/mol. The molecule has 0 spiro atoms. The molecule has 0 aromatic carbocycles. The highest BCUT2D eigenvalue weighted by molar-refractivity contribution is 5.80. The van der Waals surface area contributed by atoms with Crippen LogP contribution in [0.25, 0.3) is 0 Å². The number of carbonyl (C=O) groups excluding carboxylic acids is 1. The molecule has 0 aliphatic carbocycles. The first-order chi connectivity index (χ1) is 15.6. The van der Waals surface area contributed by atoms with E-state index in [1.165, 1.54) is 0 Å². The zero-order valence-electron chi connectivity index (χ0n) is 19.5. The Morgan fingerprint density at radius 1 is 1.28 bits per heavy atom. The number of anilines is 1. The molecule has 3 heterocycles. The fraction of sp³-hybridized carbons (Fsp3) is 0.696. The van der Waals surface area contributed by atoms with Gasteiger partial charge in [0.2, 0.25) is 5.91 Å². The SMILES string of the molecule is CCNC(=NCc1cccnc1N1CCC(C(N)=O)CC1)N1CCC(COCCOC)C1. The molecule has 1 aromatic rings. The molecular formula is C23H38N6O3. The first-order valence-corrected chi connectivity index (χ1v) is 11.7. The number of amides is 1. The van der Waals surface area contributed by atoms with Gasteiger partial charge in [0.15, 0.2) is 5.96 Å². The van der Waals surface area contributed by atoms with E-state index in [1.807, 2.05) is 12.3 Å². The Morgan fingerprint density at radius 2 is 2.09 bits per heavy atom. The second kappa shape index (κ2) is 12.6. The summed E-state index contributed by atoms with van der Waals surface area (Å²) in [5.74, 6) is 2.18. The quantitative estimate of drug-likeness (QED) is 0.316. The molecule has 1 aromatic heterocycles. The number of likely N-dealkylation sites (tertiary alicyclic amines) is 1. The van der Waals surface area contributed by atoms with E-state index in [2.05, 4.69) is 33.1 Å². The number of hydrogen-bond acceptors (Lipinski definition) is 6. The molecule has 3 N–H and O–H groups in total. The van der Waals surface area contributed by atoms with Crippen LogP contribution in [0, 0.1) is 11.8 Å². The van der Waals surface area contributed by atoms with Crippen molar-refractivity contribution in [1.29, 1.82) is 0 Å². The molecule has 1 amide bonds. The first kappa shape index (κ1) is 24.3. The Morgan fingerprint density at radius 3 is 2.81 bits per heavy atom. The van der Waals surface area contributed by atoms with Crippen LogP contribution in [-0.2, 0) is 20.8 Å². The largest absolute Gasteiger partial charge is 0.382 e. The molecule has 1 unspecified atom stereocenters. The first-order valence-electron chi connectivity index (χ1n) is 11.7. The Labute approximate surface area is 191 Å². The summed E-state index contributed by atoms with van der Waals surface area (Å²) < 4.78 is 10.8. The second-order valence-electron chi connectivity index (χ2n) is 8.49. The Kier molecular flexibility index (Phi) is 9.55. The van der Waals surface area contributed by atoms with Crippen molar-refractivity contribution in [3.05, 3.63) is 23.9 Å². The van der Waals surface area contributed by atoms with E-state index in [4.69, 9.17) is 20.2 Å². The summed E-state index contributed by atoms with van der Waals surface area (Å²) in [5.41, 5.74) is 6.58. The number of pyridine rings is 1. The molecule has 9 heteroatoms. The van der Waals surface area contributed by atoms with Crippen molar-refractivity contribution in [2.24, 2.45) is 22.6 Å². The molecule has 2 aliphatic rings. The van der Waals surface area contributed by atoms with Crippen LogP contribution < -0.4 is 16.0 Å². The van der Waals surface area contributed by atoms with Gasteiger partial charge in [0, 0.05) is 63.4 Å². The van der Waals surface area contributed by atoms with E-state index in [1.54, 1.807) is 7.11 Å². The van der Waals surface area contributed by atoms with Crippen LogP contribution in [0.3, 0.4) is 0 Å². The van der Waals surface area contributed by atoms with E-state index in [-0.39, 0.29) is 11.8 Å². The summed E-state index contributed by atoms with van der Waals surface area (Å²) >= 11 is 0. The van der Waals surface area contributed by atoms with Crippen LogP contribution in [0.15, 0.2) is 23.3 Å². The maximum absolute atomic E-state index is 11.5. The average Bonchev–Trinajstić information content (AvgIpc) is 3.28. The highest BCUT2D eigenvalue weighted by Crippen LogP contribution is 2.25. The monoisotopic (exact) mass is 446 g/mol. The van der Waals surface area contributed by atoms with Gasteiger partial charge in [0.1, 0.15) is 5.82 Å². The predicted molar refractivity (Wildman–Crippen MR) is 126 cm³/mol. The number of aliphatic imine (C=N–C) groups is 1. The minimum atomic E-state index is -0.196. The van der Waals surface area contributed by atoms with E-state index < -0.39 is 0 Å². The molecule has 0 bridgehead atoms. The van der Waals surface area contributed by atoms with Crippen LogP contribution in [0.4, 0.5) is 5.82 Å². The minimum absolute atomic E-state index is 0.0293. The topological polar surface area (TPSA) is 105 Å². The van der Waals surface area contributed by atoms with Crippen LogP contribution >= 0.6 is 0 Å². The number of primary amides is 1. The number of aromatic nitrogens is 1. The van der Waals surface area contributed by atoms with Crippen molar-refractivity contribution < 1.29 is 14.3 Å². The lowest BCUT2D eigenvalue weighted by atomic mass is 9.96. The van der Waals surface area contributed by atoms with E-state index in [9.17, 15) is 4.79 Å². The third kappa shape index (κ3) is 6.80. The molecular weight excluding hydrogens is 408 g/mol. The van der Waals surface area contributed by atoms with Crippen molar-refractivity contribution in [2.75, 3.05) is 64.6 Å². The zero-order chi connectivity index (χ0) is 22.8. The van der Waals surface area contributed by atoms with E-state index >= 15 is 0 Å². The van der Waals surface area contributed by atoms with Gasteiger partial charge in [-0.05, 0) is 32.3 Å². The van der Waals surface area contributed by atoms with Gasteiger partial charge in [0.05, 0.1) is 26.4 Å². The highest BCUT2D eigenvalue weighted by atomic mass is 16.5. The highest BCUT2D eigenvalue weighted by Gasteiger charge is 2.26. The van der Waals surface area contributed by atoms with E-state index in [0.29, 0.717) is 25.7 Å². The number of methoxy groups -OCH3 is 1. The lowest BCUT2D eigenvalue weighted by Crippen LogP contribution is -2.40. The summed E-state index contributed by atoms with van der Waals surface area (Å²) in [6, 6.07) is 4.05. The number of nitrogens with two attached hydrogens (primary N) is 1. The van der Waals surface area contributed by atoms with Gasteiger partial charge in [0.25, 0.3) is 0 Å². The van der Waals surface area contributed by atoms with Gasteiger partial charge >= 0.3 is 0 Å². The third-order valence-corrected chi connectivity index (χ3v) is 6.17. The molecule has 0 radical (unpaired) electrons. The smallest absolute Gasteiger partial charge is 0.220 e. The second-order valence-corrected chi connectivity index (χ2v) is 8.49. The summed E-state index contributed by atoms with van der Waals surface area (Å²) in [7, 11) is 1.69. The fourth-order valence-corrected chi connectivity index (χ4v) is 4.35. The van der Waals surface area contributed by atoms with Crippen LogP contribution in [0.5, 0.6) is 0 Å². The van der Waals surface area contributed by atoms with E-state index in [0.717, 1.165) is 75.9 Å². The lowest BCUT2D eigenvalue weighted by Gasteiger charge is -2.32. The third-order valence-electron chi connectivity index (χ3n) is 6.17. The van der Waals surface area contributed by atoms with Crippen molar-refractivity contribution >= 4 is 17.7 Å². The number of ether oxygens (including phenoxy) is 2. The maximum atomic E-state index is 11.5. The molecule has 178 valence electrons. The van der Waals surface area contributed by atoms with Crippen LogP contribution in [-0.4, -0.2) is 81.4 Å². The summed E-state index contributed by atoms with van der Waals surface area (Å²) in [6.45, 7) is 9.01. The zero-order valence-corrected chi connectivity index (χ0v) is 19.5. The maximum Gasteiger partial charge on any atom is 0.220 e. The minimum Gasteiger partial charge on any atom is -0.382 e. The van der Waals surface area contributed by atoms with Gasteiger partial charge in [-0.25, -0.2) is 9.98 Å². The lowest BCUT2D eigenvalue weighted by molar-refractivity contribution is -0.122. The van der Waals surface area contributed by atoms with Gasteiger partial charge in [-0.3, -0.25) is 4.79 Å². The van der Waals surface area contributed by atoms with Gasteiger partial charge in [-0.2, -0.15) is 0 Å². The summed E-state index contributed by atoms with van der Waals surface area (Å²) in [6.07, 6.45) is 4.48. The number of rotatable bonds is 10. The van der Waals surface area contributed by atoms with Crippen molar-refractivity contribution in [3.8, 4) is 0 Å². The Balaban J connectivity index is 1.60. The number of carbonyl (C=O) groups is 1. The Bertz CT molecular complexity index is 751. The summed E-state index contributed by atoms with van der Waals surface area (Å²) in [5, 5.41) is 3.44. The number of nitrogens with zero attached hydrogens (tertiary/aromatic N) is 4. The number of hydrogen-bond donors (Lipinski definition) is 2. The molecule has 3 rings (SSSR count). The molecule has 2 fully saturated rings. The molecule has 9 nitrogen and oxygen atoms in total. The predicted octanol–water partition coefficient (Wildman–Crippen LogP) is 1.23. The normalized spacial score (nSPS) is 20.1. The van der Waals surface area contributed by atoms with Crippen molar-refractivity contribution in [1.82, 2.24) is 15.2 Å². The van der Waals surface area contributed by atoms with Gasteiger partial charge in [-0.1, -0.05) is 6.07 Å². The van der Waals surface area contributed by atoms with Gasteiger partial charge in [-0.15, -0.1) is 0 Å². The standard InChI is InChI=1S/C23H38N6O3/c1-3-25-23(29-10-6-18(16-29)17-32-14-13-31-2)27-15-20-5-4-9-26-22(20)28-11-7-19(8-12-28)21(24)30/h4-5,9,18-19H,3,6-8,10-17H2,1-2H3,(H2,24,30)(H,25,27). The number of nitrogens with one attached hydrogen (secondary N) is 1. The number of guanidine groups is 1. The number of piperidine rings is 1. The molecule has 32 heavy (non-hydrogen) atoms. The van der Waals surface area contributed by atoms with Crippen LogP contribution in [0.1, 0.15) is 31.7 Å². The fourth-order valence-electron chi connectivity index (χ4n) is 4.35. The van der Waals surface area contributed by atoms with Gasteiger partial charge < -0.3 is 30.3 Å². The summed E-state index contributed by atoms with van der Waals surface area (Å²) in [4.78, 5) is 25.6.